The Morgan fingerprint density at radius 3 is 2.28 bits per heavy atom. The first-order valence-corrected chi connectivity index (χ1v) is 6.71. The molecule has 0 aliphatic heterocycles. The molecule has 100 valence electrons. The van der Waals surface area contributed by atoms with Crippen molar-refractivity contribution < 1.29 is 4.79 Å². The fraction of sp³-hybridized carbons (Fsp3) is 0.533. The number of nitrogens with one attached hydrogen (secondary N) is 2. The van der Waals surface area contributed by atoms with E-state index >= 15 is 0 Å². The number of hydrogen-bond acceptors (Lipinski definition) is 1. The predicted octanol–water partition coefficient (Wildman–Crippen LogP) is 3.09. The van der Waals surface area contributed by atoms with Crippen molar-refractivity contribution in [2.75, 3.05) is 6.54 Å². The largest absolute Gasteiger partial charge is 0.338 e. The zero-order valence-corrected chi connectivity index (χ0v) is 11.6. The highest BCUT2D eigenvalue weighted by Gasteiger charge is 2.00. The molecule has 0 aliphatic carbocycles. The molecule has 0 atom stereocenters. The van der Waals surface area contributed by atoms with Crippen LogP contribution in [0.15, 0.2) is 24.3 Å². The molecule has 0 saturated heterocycles. The first kappa shape index (κ1) is 14.6. The van der Waals surface area contributed by atoms with Crippen molar-refractivity contribution in [3.8, 4) is 0 Å². The SMILES string of the molecule is CCCNC(=O)NCc1ccc(CC(C)C)cc1. The van der Waals surface area contributed by atoms with Crippen LogP contribution < -0.4 is 10.6 Å². The van der Waals surface area contributed by atoms with Gasteiger partial charge in [-0.2, -0.15) is 0 Å². The molecule has 0 saturated carbocycles. The van der Waals surface area contributed by atoms with Gasteiger partial charge in [0.1, 0.15) is 0 Å². The van der Waals surface area contributed by atoms with Gasteiger partial charge in [-0.3, -0.25) is 0 Å². The van der Waals surface area contributed by atoms with Crippen LogP contribution in [0.2, 0.25) is 0 Å². The summed E-state index contributed by atoms with van der Waals surface area (Å²) >= 11 is 0. The van der Waals surface area contributed by atoms with Crippen LogP contribution in [0, 0.1) is 5.92 Å². The number of hydrogen-bond donors (Lipinski definition) is 2. The molecule has 0 unspecified atom stereocenters. The molecule has 3 nitrogen and oxygen atoms in total. The molecule has 18 heavy (non-hydrogen) atoms. The highest BCUT2D eigenvalue weighted by Crippen LogP contribution is 2.09. The summed E-state index contributed by atoms with van der Waals surface area (Å²) in [6, 6.07) is 8.35. The molecule has 2 N–H and O–H groups in total. The van der Waals surface area contributed by atoms with Crippen molar-refractivity contribution >= 4 is 6.03 Å². The fourth-order valence-electron chi connectivity index (χ4n) is 1.75. The van der Waals surface area contributed by atoms with E-state index in [0.717, 1.165) is 24.9 Å². The summed E-state index contributed by atoms with van der Waals surface area (Å²) in [5, 5.41) is 5.63. The van der Waals surface area contributed by atoms with E-state index < -0.39 is 0 Å². The second-order valence-corrected chi connectivity index (χ2v) is 5.02. The second-order valence-electron chi connectivity index (χ2n) is 5.02. The number of amides is 2. The molecule has 0 aromatic heterocycles. The zero-order valence-electron chi connectivity index (χ0n) is 11.6. The molecule has 1 aromatic carbocycles. The van der Waals surface area contributed by atoms with Crippen LogP contribution in [-0.4, -0.2) is 12.6 Å². The Kier molecular flexibility index (Phi) is 6.26. The average molecular weight is 248 g/mol. The summed E-state index contributed by atoms with van der Waals surface area (Å²) in [6.07, 6.45) is 2.06. The van der Waals surface area contributed by atoms with Crippen molar-refractivity contribution in [2.45, 2.75) is 40.2 Å². The first-order valence-electron chi connectivity index (χ1n) is 6.71. The van der Waals surface area contributed by atoms with Crippen molar-refractivity contribution in [1.29, 1.82) is 0 Å². The molecule has 3 heteroatoms. The summed E-state index contributed by atoms with van der Waals surface area (Å²) in [4.78, 5) is 11.4. The third-order valence-corrected chi connectivity index (χ3v) is 2.66. The van der Waals surface area contributed by atoms with Gasteiger partial charge in [-0.1, -0.05) is 45.0 Å². The van der Waals surface area contributed by atoms with Gasteiger partial charge >= 0.3 is 6.03 Å². The smallest absolute Gasteiger partial charge is 0.315 e. The predicted molar refractivity (Wildman–Crippen MR) is 75.5 cm³/mol. The summed E-state index contributed by atoms with van der Waals surface area (Å²) in [6.45, 7) is 7.77. The van der Waals surface area contributed by atoms with Crippen LogP contribution in [0.1, 0.15) is 38.3 Å². The van der Waals surface area contributed by atoms with Gasteiger partial charge in [0.15, 0.2) is 0 Å². The molecular formula is C15H24N2O. The summed E-state index contributed by atoms with van der Waals surface area (Å²) in [5.41, 5.74) is 2.48. The lowest BCUT2D eigenvalue weighted by Gasteiger charge is -2.08. The van der Waals surface area contributed by atoms with Crippen molar-refractivity contribution in [1.82, 2.24) is 10.6 Å². The molecule has 0 fully saturated rings. The van der Waals surface area contributed by atoms with Crippen LogP contribution in [0.4, 0.5) is 4.79 Å². The Hall–Kier alpha value is -1.51. The molecule has 0 bridgehead atoms. The maximum atomic E-state index is 11.4. The number of carbonyl (C=O) groups excluding carboxylic acids is 1. The Balaban J connectivity index is 2.37. The molecular weight excluding hydrogens is 224 g/mol. The Bertz CT molecular complexity index is 357. The molecule has 0 spiro atoms. The minimum Gasteiger partial charge on any atom is -0.338 e. The minimum atomic E-state index is -0.0943. The normalized spacial score (nSPS) is 10.4. The number of rotatable bonds is 6. The topological polar surface area (TPSA) is 41.1 Å². The van der Waals surface area contributed by atoms with E-state index in [9.17, 15) is 4.79 Å². The summed E-state index contributed by atoms with van der Waals surface area (Å²) in [5.74, 6) is 0.675. The minimum absolute atomic E-state index is 0.0943. The lowest BCUT2D eigenvalue weighted by atomic mass is 10.0. The van der Waals surface area contributed by atoms with Crippen molar-refractivity contribution in [2.24, 2.45) is 5.92 Å². The molecule has 2 amide bonds. The Labute approximate surface area is 110 Å². The van der Waals surface area contributed by atoms with E-state index in [0.29, 0.717) is 12.5 Å². The van der Waals surface area contributed by atoms with Crippen molar-refractivity contribution in [3.63, 3.8) is 0 Å². The van der Waals surface area contributed by atoms with E-state index in [4.69, 9.17) is 0 Å². The molecule has 0 aliphatic rings. The van der Waals surface area contributed by atoms with Gasteiger partial charge < -0.3 is 10.6 Å². The van der Waals surface area contributed by atoms with Gasteiger partial charge in [0, 0.05) is 13.1 Å². The number of urea groups is 1. The van der Waals surface area contributed by atoms with Crippen LogP contribution in [0.5, 0.6) is 0 Å². The summed E-state index contributed by atoms with van der Waals surface area (Å²) in [7, 11) is 0. The number of benzene rings is 1. The molecule has 0 radical (unpaired) electrons. The second kappa shape index (κ2) is 7.75. The lowest BCUT2D eigenvalue weighted by molar-refractivity contribution is 0.240. The molecule has 0 heterocycles. The van der Waals surface area contributed by atoms with Gasteiger partial charge in [0.25, 0.3) is 0 Å². The lowest BCUT2D eigenvalue weighted by Crippen LogP contribution is -2.35. The third-order valence-electron chi connectivity index (χ3n) is 2.66. The fourth-order valence-corrected chi connectivity index (χ4v) is 1.75. The van der Waals surface area contributed by atoms with Crippen LogP contribution >= 0.6 is 0 Å². The van der Waals surface area contributed by atoms with E-state index in [1.807, 2.05) is 6.92 Å². The third kappa shape index (κ3) is 5.71. The highest BCUT2D eigenvalue weighted by molar-refractivity contribution is 5.73. The van der Waals surface area contributed by atoms with E-state index in [1.165, 1.54) is 5.56 Å². The Morgan fingerprint density at radius 2 is 1.72 bits per heavy atom. The average Bonchev–Trinajstić information content (AvgIpc) is 2.35. The molecule has 1 rings (SSSR count). The quantitative estimate of drug-likeness (QED) is 0.798. The van der Waals surface area contributed by atoms with Crippen LogP contribution in [0.25, 0.3) is 0 Å². The maximum absolute atomic E-state index is 11.4. The zero-order chi connectivity index (χ0) is 13.4. The van der Waals surface area contributed by atoms with E-state index in [1.54, 1.807) is 0 Å². The Morgan fingerprint density at radius 1 is 1.11 bits per heavy atom. The standard InChI is InChI=1S/C15H24N2O/c1-4-9-16-15(18)17-11-14-7-5-13(6-8-14)10-12(2)3/h5-8,12H,4,9-11H2,1-3H3,(H2,16,17,18). The van der Waals surface area contributed by atoms with Gasteiger partial charge in [-0.15, -0.1) is 0 Å². The van der Waals surface area contributed by atoms with Crippen LogP contribution in [0.3, 0.4) is 0 Å². The van der Waals surface area contributed by atoms with Gasteiger partial charge in [-0.05, 0) is 29.9 Å². The molecule has 1 aromatic rings. The maximum Gasteiger partial charge on any atom is 0.315 e. The van der Waals surface area contributed by atoms with Gasteiger partial charge in [-0.25, -0.2) is 4.79 Å². The van der Waals surface area contributed by atoms with Gasteiger partial charge in [0.2, 0.25) is 0 Å². The summed E-state index contributed by atoms with van der Waals surface area (Å²) < 4.78 is 0. The van der Waals surface area contributed by atoms with E-state index in [-0.39, 0.29) is 6.03 Å². The van der Waals surface area contributed by atoms with Gasteiger partial charge in [0.05, 0.1) is 0 Å². The van der Waals surface area contributed by atoms with E-state index in [2.05, 4.69) is 48.7 Å². The van der Waals surface area contributed by atoms with Crippen molar-refractivity contribution in [3.05, 3.63) is 35.4 Å². The monoisotopic (exact) mass is 248 g/mol. The highest BCUT2D eigenvalue weighted by atomic mass is 16.2. The first-order chi connectivity index (χ1) is 8.61. The number of carbonyl (C=O) groups is 1. The van der Waals surface area contributed by atoms with Crippen LogP contribution in [-0.2, 0) is 13.0 Å².